The molecule has 3 rings (SSSR count). The van der Waals surface area contributed by atoms with Crippen molar-refractivity contribution in [2.45, 2.75) is 32.9 Å². The van der Waals surface area contributed by atoms with Gasteiger partial charge < -0.3 is 19.7 Å². The Bertz CT molecular complexity index is 1230. The number of carbonyl (C=O) groups excluding carboxylic acids is 2. The van der Waals surface area contributed by atoms with Crippen molar-refractivity contribution in [2.75, 3.05) is 20.3 Å². The number of benzene rings is 3. The van der Waals surface area contributed by atoms with Gasteiger partial charge in [0.2, 0.25) is 11.7 Å². The lowest BCUT2D eigenvalue weighted by Crippen LogP contribution is -2.51. The summed E-state index contributed by atoms with van der Waals surface area (Å²) in [5, 5.41) is 14.0. The van der Waals surface area contributed by atoms with Gasteiger partial charge in [0, 0.05) is 31.6 Å². The van der Waals surface area contributed by atoms with Crippen LogP contribution in [0.5, 0.6) is 11.5 Å². The van der Waals surface area contributed by atoms with Gasteiger partial charge in [-0.25, -0.2) is 0 Å². The van der Waals surface area contributed by atoms with Gasteiger partial charge in [0.25, 0.3) is 5.91 Å². The maximum absolute atomic E-state index is 13.6. The molecule has 0 fully saturated rings. The Morgan fingerprint density at radius 1 is 1.05 bits per heavy atom. The Kier molecular flexibility index (Phi) is 9.60. The molecule has 0 saturated heterocycles. The van der Waals surface area contributed by atoms with Crippen molar-refractivity contribution in [1.82, 2.24) is 10.2 Å². The monoisotopic (exact) mass is 505 g/mol. The quantitative estimate of drug-likeness (QED) is 0.293. The first-order valence-corrected chi connectivity index (χ1v) is 11.9. The number of nitro groups is 1. The van der Waals surface area contributed by atoms with Crippen LogP contribution in [-0.4, -0.2) is 47.9 Å². The molecule has 3 aromatic carbocycles. The van der Waals surface area contributed by atoms with Gasteiger partial charge in [-0.2, -0.15) is 0 Å². The second-order valence-electron chi connectivity index (χ2n) is 8.43. The van der Waals surface area contributed by atoms with Crippen LogP contribution in [0.4, 0.5) is 5.69 Å². The third-order valence-electron chi connectivity index (χ3n) is 5.93. The zero-order valence-electron chi connectivity index (χ0n) is 21.2. The number of ether oxygens (including phenoxy) is 2. The molecule has 1 atom stereocenters. The predicted molar refractivity (Wildman–Crippen MR) is 139 cm³/mol. The van der Waals surface area contributed by atoms with E-state index in [1.165, 1.54) is 30.2 Å². The van der Waals surface area contributed by atoms with Crippen LogP contribution in [0, 0.1) is 17.0 Å². The van der Waals surface area contributed by atoms with Crippen molar-refractivity contribution in [3.63, 3.8) is 0 Å². The number of amides is 2. The van der Waals surface area contributed by atoms with E-state index >= 15 is 0 Å². The van der Waals surface area contributed by atoms with Gasteiger partial charge in [0.1, 0.15) is 11.8 Å². The minimum Gasteiger partial charge on any atom is -0.490 e. The Balaban J connectivity index is 1.90. The molecule has 0 aliphatic heterocycles. The van der Waals surface area contributed by atoms with E-state index in [-0.39, 0.29) is 36.2 Å². The highest BCUT2D eigenvalue weighted by molar-refractivity contribution is 5.88. The molecule has 0 spiro atoms. The number of nitro benzene ring substituents is 1. The molecule has 9 heteroatoms. The SMILES string of the molecule is CCNC(=O)[C@H](Cc1ccccc1)N(Cc1ccccc1C)C(=O)COc1ccc([N+](=O)[O-])c(OC)c1. The summed E-state index contributed by atoms with van der Waals surface area (Å²) in [7, 11) is 1.32. The number of aryl methyl sites for hydroxylation is 1. The highest BCUT2D eigenvalue weighted by atomic mass is 16.6. The highest BCUT2D eigenvalue weighted by Gasteiger charge is 2.31. The Morgan fingerprint density at radius 3 is 2.41 bits per heavy atom. The van der Waals surface area contributed by atoms with E-state index < -0.39 is 16.9 Å². The number of nitrogens with zero attached hydrogens (tertiary/aromatic N) is 2. The van der Waals surface area contributed by atoms with Gasteiger partial charge >= 0.3 is 5.69 Å². The molecule has 2 amide bonds. The maximum Gasteiger partial charge on any atom is 0.311 e. The summed E-state index contributed by atoms with van der Waals surface area (Å²) >= 11 is 0. The Morgan fingerprint density at radius 2 is 1.76 bits per heavy atom. The standard InChI is InChI=1S/C28H31N3O6/c1-4-29-28(33)25(16-21-11-6-5-7-12-21)30(18-22-13-9-8-10-20(22)2)27(32)19-37-23-14-15-24(31(34)35)26(17-23)36-3/h5-15,17,25H,4,16,18-19H2,1-3H3,(H,29,33)/t25-/m0/s1. The van der Waals surface area contributed by atoms with Gasteiger partial charge in [-0.3, -0.25) is 19.7 Å². The number of hydrogen-bond acceptors (Lipinski definition) is 6. The summed E-state index contributed by atoms with van der Waals surface area (Å²) in [6.45, 7) is 4.06. The summed E-state index contributed by atoms with van der Waals surface area (Å²) in [4.78, 5) is 38.9. The van der Waals surface area contributed by atoms with Crippen LogP contribution in [0.1, 0.15) is 23.6 Å². The first kappa shape index (κ1) is 27.2. The van der Waals surface area contributed by atoms with Crippen LogP contribution in [0.3, 0.4) is 0 Å². The molecule has 0 bridgehead atoms. The molecule has 3 aromatic rings. The molecular formula is C28H31N3O6. The number of nitrogens with one attached hydrogen (secondary N) is 1. The van der Waals surface area contributed by atoms with Crippen molar-refractivity contribution < 1.29 is 24.0 Å². The number of methoxy groups -OCH3 is 1. The molecule has 0 radical (unpaired) electrons. The normalized spacial score (nSPS) is 11.3. The van der Waals surface area contributed by atoms with Crippen molar-refractivity contribution in [3.8, 4) is 11.5 Å². The van der Waals surface area contributed by atoms with Crippen molar-refractivity contribution in [1.29, 1.82) is 0 Å². The summed E-state index contributed by atoms with van der Waals surface area (Å²) in [6.07, 6.45) is 0.329. The van der Waals surface area contributed by atoms with Gasteiger partial charge in [-0.15, -0.1) is 0 Å². The second-order valence-corrected chi connectivity index (χ2v) is 8.43. The van der Waals surface area contributed by atoms with Gasteiger partial charge in [0.15, 0.2) is 6.61 Å². The molecule has 0 aromatic heterocycles. The molecule has 9 nitrogen and oxygen atoms in total. The molecule has 0 heterocycles. The van der Waals surface area contributed by atoms with E-state index in [1.54, 1.807) is 0 Å². The van der Waals surface area contributed by atoms with E-state index in [9.17, 15) is 19.7 Å². The molecule has 194 valence electrons. The predicted octanol–water partition coefficient (Wildman–Crippen LogP) is 4.07. The van der Waals surface area contributed by atoms with Gasteiger partial charge in [0.05, 0.1) is 12.0 Å². The summed E-state index contributed by atoms with van der Waals surface area (Å²) in [6, 6.07) is 20.5. The van der Waals surface area contributed by atoms with Crippen molar-refractivity contribution in [2.24, 2.45) is 0 Å². The lowest BCUT2D eigenvalue weighted by Gasteiger charge is -2.31. The first-order valence-electron chi connectivity index (χ1n) is 11.9. The molecule has 0 unspecified atom stereocenters. The summed E-state index contributed by atoms with van der Waals surface area (Å²) < 4.78 is 10.8. The fraction of sp³-hybridized carbons (Fsp3) is 0.286. The smallest absolute Gasteiger partial charge is 0.311 e. The minimum absolute atomic E-state index is 0.0241. The number of hydrogen-bond donors (Lipinski definition) is 1. The lowest BCUT2D eigenvalue weighted by atomic mass is 10.0. The van der Waals surface area contributed by atoms with E-state index in [2.05, 4.69) is 5.32 Å². The van der Waals surface area contributed by atoms with E-state index in [4.69, 9.17) is 9.47 Å². The first-order chi connectivity index (χ1) is 17.8. The largest absolute Gasteiger partial charge is 0.490 e. The van der Waals surface area contributed by atoms with Crippen LogP contribution in [0.25, 0.3) is 0 Å². The second kappa shape index (κ2) is 13.1. The summed E-state index contributed by atoms with van der Waals surface area (Å²) in [5.74, 6) is -0.390. The van der Waals surface area contributed by atoms with Crippen LogP contribution in [-0.2, 0) is 22.6 Å². The van der Waals surface area contributed by atoms with E-state index in [0.29, 0.717) is 13.0 Å². The third-order valence-corrected chi connectivity index (χ3v) is 5.93. The summed E-state index contributed by atoms with van der Waals surface area (Å²) in [5.41, 5.74) is 2.62. The van der Waals surface area contributed by atoms with Crippen molar-refractivity contribution in [3.05, 3.63) is 99.6 Å². The average molecular weight is 506 g/mol. The van der Waals surface area contributed by atoms with E-state index in [0.717, 1.165) is 16.7 Å². The van der Waals surface area contributed by atoms with Gasteiger partial charge in [-0.05, 0) is 36.6 Å². The zero-order chi connectivity index (χ0) is 26.8. The molecular weight excluding hydrogens is 474 g/mol. The lowest BCUT2D eigenvalue weighted by molar-refractivity contribution is -0.385. The molecule has 0 aliphatic carbocycles. The average Bonchev–Trinajstić information content (AvgIpc) is 2.90. The zero-order valence-corrected chi connectivity index (χ0v) is 21.2. The number of carbonyl (C=O) groups is 2. The van der Waals surface area contributed by atoms with Crippen LogP contribution < -0.4 is 14.8 Å². The number of rotatable bonds is 12. The highest BCUT2D eigenvalue weighted by Crippen LogP contribution is 2.31. The van der Waals surface area contributed by atoms with Crippen LogP contribution in [0.15, 0.2) is 72.8 Å². The molecule has 1 N–H and O–H groups in total. The van der Waals surface area contributed by atoms with Crippen LogP contribution >= 0.6 is 0 Å². The fourth-order valence-electron chi connectivity index (χ4n) is 3.94. The molecule has 37 heavy (non-hydrogen) atoms. The Labute approximate surface area is 216 Å². The Hall–Kier alpha value is -4.40. The maximum atomic E-state index is 13.6. The molecule has 0 aliphatic rings. The third kappa shape index (κ3) is 7.30. The topological polar surface area (TPSA) is 111 Å². The minimum atomic E-state index is -0.774. The fourth-order valence-corrected chi connectivity index (χ4v) is 3.94. The van der Waals surface area contributed by atoms with Crippen LogP contribution in [0.2, 0.25) is 0 Å². The van der Waals surface area contributed by atoms with E-state index in [1.807, 2.05) is 68.4 Å². The van der Waals surface area contributed by atoms with Gasteiger partial charge in [-0.1, -0.05) is 54.6 Å². The molecule has 0 saturated carbocycles. The van der Waals surface area contributed by atoms with Crippen molar-refractivity contribution >= 4 is 17.5 Å². The number of likely N-dealkylation sites (N-methyl/N-ethyl adjacent to an activating group) is 1.